The molecule has 0 bridgehead atoms. The van der Waals surface area contributed by atoms with Crippen molar-refractivity contribution in [3.05, 3.63) is 42.5 Å². The molecule has 126 valence electrons. The number of anilines is 1. The number of nitrogens with one attached hydrogen (secondary N) is 1. The summed E-state index contributed by atoms with van der Waals surface area (Å²) in [5.74, 6) is 1.06. The number of nitrogens with zero attached hydrogens (tertiary/aromatic N) is 2. The van der Waals surface area contributed by atoms with E-state index in [1.54, 1.807) is 12.3 Å². The molecule has 0 radical (unpaired) electrons. The zero-order chi connectivity index (χ0) is 16.9. The van der Waals surface area contributed by atoms with Gasteiger partial charge in [0.2, 0.25) is 10.0 Å². The molecule has 2 aromatic heterocycles. The van der Waals surface area contributed by atoms with Crippen LogP contribution in [0.15, 0.2) is 46.0 Å². The number of hydrogen-bond acceptors (Lipinski definition) is 6. The summed E-state index contributed by atoms with van der Waals surface area (Å²) in [6.45, 7) is 6.27. The van der Waals surface area contributed by atoms with Gasteiger partial charge in [-0.15, -0.1) is 0 Å². The summed E-state index contributed by atoms with van der Waals surface area (Å²) in [6.07, 6.45) is 3.15. The number of aromatic nitrogens is 1. The third-order valence-corrected chi connectivity index (χ3v) is 4.61. The zero-order valence-electron chi connectivity index (χ0n) is 13.3. The molecular weight excluding hydrogens is 316 g/mol. The van der Waals surface area contributed by atoms with Gasteiger partial charge in [0.1, 0.15) is 16.5 Å². The Morgan fingerprint density at radius 2 is 2.04 bits per heavy atom. The third-order valence-electron chi connectivity index (χ3n) is 3.66. The standard InChI is InChI=1S/C15H22N4O3S/c1-3-19(4-2)12(13-7-6-10-22-13)11-18-15-14(23(16,20)21)8-5-9-17-15/h5-10,12H,3-4,11H2,1-2H3,(H,17,18)(H2,16,20,21). The summed E-state index contributed by atoms with van der Waals surface area (Å²) in [5.41, 5.74) is 0. The van der Waals surface area contributed by atoms with Gasteiger partial charge in [0.05, 0.1) is 12.3 Å². The smallest absolute Gasteiger partial charge is 0.241 e. The summed E-state index contributed by atoms with van der Waals surface area (Å²) in [7, 11) is -3.83. The molecule has 0 spiro atoms. The van der Waals surface area contributed by atoms with Crippen LogP contribution in [0.25, 0.3) is 0 Å². The molecule has 2 heterocycles. The van der Waals surface area contributed by atoms with Gasteiger partial charge in [0, 0.05) is 12.7 Å². The van der Waals surface area contributed by atoms with E-state index in [1.165, 1.54) is 12.3 Å². The molecule has 1 atom stereocenters. The molecule has 0 saturated heterocycles. The number of rotatable bonds is 8. The second-order valence-corrected chi connectivity index (χ2v) is 6.56. The van der Waals surface area contributed by atoms with Crippen LogP contribution in [0.1, 0.15) is 25.6 Å². The van der Waals surface area contributed by atoms with Gasteiger partial charge >= 0.3 is 0 Å². The highest BCUT2D eigenvalue weighted by Crippen LogP contribution is 2.23. The van der Waals surface area contributed by atoms with E-state index >= 15 is 0 Å². The molecule has 0 fully saturated rings. The Kier molecular flexibility index (Phi) is 5.75. The monoisotopic (exact) mass is 338 g/mol. The van der Waals surface area contributed by atoms with Gasteiger partial charge in [-0.05, 0) is 37.4 Å². The number of primary sulfonamides is 1. The lowest BCUT2D eigenvalue weighted by molar-refractivity contribution is 0.201. The first-order chi connectivity index (χ1) is 11.0. The van der Waals surface area contributed by atoms with Crippen molar-refractivity contribution < 1.29 is 12.8 Å². The fourth-order valence-corrected chi connectivity index (χ4v) is 3.16. The lowest BCUT2D eigenvalue weighted by atomic mass is 10.2. The number of sulfonamides is 1. The van der Waals surface area contributed by atoms with Crippen LogP contribution in [0.2, 0.25) is 0 Å². The van der Waals surface area contributed by atoms with E-state index in [2.05, 4.69) is 29.0 Å². The summed E-state index contributed by atoms with van der Waals surface area (Å²) in [6, 6.07) is 6.69. The lowest BCUT2D eigenvalue weighted by Gasteiger charge is -2.28. The van der Waals surface area contributed by atoms with Gasteiger partial charge in [-0.2, -0.15) is 0 Å². The van der Waals surface area contributed by atoms with Crippen LogP contribution in [0.4, 0.5) is 5.82 Å². The highest BCUT2D eigenvalue weighted by Gasteiger charge is 2.22. The van der Waals surface area contributed by atoms with E-state index < -0.39 is 10.0 Å². The molecule has 0 aliphatic carbocycles. The number of hydrogen-bond donors (Lipinski definition) is 2. The summed E-state index contributed by atoms with van der Waals surface area (Å²) < 4.78 is 28.8. The third kappa shape index (κ3) is 4.31. The highest BCUT2D eigenvalue weighted by molar-refractivity contribution is 7.89. The number of furan rings is 1. The van der Waals surface area contributed by atoms with Crippen LogP contribution in [0.5, 0.6) is 0 Å². The maximum Gasteiger partial charge on any atom is 0.241 e. The SMILES string of the molecule is CCN(CC)C(CNc1ncccc1S(N)(=O)=O)c1ccco1. The Labute approximate surface area is 136 Å². The predicted octanol–water partition coefficient (Wildman–Crippen LogP) is 1.82. The van der Waals surface area contributed by atoms with Gasteiger partial charge in [-0.1, -0.05) is 13.8 Å². The van der Waals surface area contributed by atoms with Crippen molar-refractivity contribution in [2.75, 3.05) is 25.0 Å². The molecule has 0 aliphatic rings. The van der Waals surface area contributed by atoms with Crippen molar-refractivity contribution in [3.63, 3.8) is 0 Å². The first-order valence-electron chi connectivity index (χ1n) is 7.46. The molecule has 1 unspecified atom stereocenters. The molecule has 0 saturated carbocycles. The van der Waals surface area contributed by atoms with Crippen molar-refractivity contribution in [1.82, 2.24) is 9.88 Å². The Bertz CT molecular complexity index is 712. The Morgan fingerprint density at radius 3 is 2.61 bits per heavy atom. The molecule has 8 heteroatoms. The van der Waals surface area contributed by atoms with E-state index in [0.29, 0.717) is 6.54 Å². The quantitative estimate of drug-likeness (QED) is 0.761. The molecule has 0 aromatic carbocycles. The van der Waals surface area contributed by atoms with Gasteiger partial charge in [0.15, 0.2) is 0 Å². The largest absolute Gasteiger partial charge is 0.468 e. The molecule has 2 rings (SSSR count). The average Bonchev–Trinajstić information content (AvgIpc) is 3.05. The van der Waals surface area contributed by atoms with Gasteiger partial charge in [-0.3, -0.25) is 4.90 Å². The van der Waals surface area contributed by atoms with Gasteiger partial charge < -0.3 is 9.73 Å². The maximum atomic E-state index is 11.6. The second kappa shape index (κ2) is 7.58. The van der Waals surface area contributed by atoms with Crippen LogP contribution in [0, 0.1) is 0 Å². The Hall–Kier alpha value is -1.90. The summed E-state index contributed by atoms with van der Waals surface area (Å²) in [4.78, 5) is 6.29. The van der Waals surface area contributed by atoms with E-state index in [1.807, 2.05) is 12.1 Å². The van der Waals surface area contributed by atoms with Crippen LogP contribution in [0.3, 0.4) is 0 Å². The van der Waals surface area contributed by atoms with Gasteiger partial charge in [-0.25, -0.2) is 18.5 Å². The number of likely N-dealkylation sites (N-methyl/N-ethyl adjacent to an activating group) is 1. The Morgan fingerprint density at radius 1 is 1.30 bits per heavy atom. The van der Waals surface area contributed by atoms with Crippen LogP contribution in [-0.2, 0) is 10.0 Å². The van der Waals surface area contributed by atoms with Crippen LogP contribution < -0.4 is 10.5 Å². The fraction of sp³-hybridized carbons (Fsp3) is 0.400. The molecule has 0 aliphatic heterocycles. The van der Waals surface area contributed by atoms with Crippen molar-refractivity contribution in [2.24, 2.45) is 5.14 Å². The van der Waals surface area contributed by atoms with Crippen molar-refractivity contribution in [3.8, 4) is 0 Å². The number of pyridine rings is 1. The molecular formula is C15H22N4O3S. The summed E-state index contributed by atoms with van der Waals surface area (Å²) in [5, 5.41) is 8.32. The van der Waals surface area contributed by atoms with Crippen LogP contribution >= 0.6 is 0 Å². The van der Waals surface area contributed by atoms with E-state index in [-0.39, 0.29) is 16.8 Å². The predicted molar refractivity (Wildman–Crippen MR) is 88.5 cm³/mol. The topological polar surface area (TPSA) is 101 Å². The van der Waals surface area contributed by atoms with Crippen molar-refractivity contribution in [1.29, 1.82) is 0 Å². The van der Waals surface area contributed by atoms with E-state index in [0.717, 1.165) is 18.8 Å². The maximum absolute atomic E-state index is 11.6. The first kappa shape index (κ1) is 17.5. The highest BCUT2D eigenvalue weighted by atomic mass is 32.2. The summed E-state index contributed by atoms with van der Waals surface area (Å²) >= 11 is 0. The molecule has 7 nitrogen and oxygen atoms in total. The molecule has 3 N–H and O–H groups in total. The zero-order valence-corrected chi connectivity index (χ0v) is 14.1. The number of nitrogens with two attached hydrogens (primary N) is 1. The fourth-order valence-electron chi connectivity index (χ4n) is 2.50. The van der Waals surface area contributed by atoms with E-state index in [9.17, 15) is 8.42 Å². The van der Waals surface area contributed by atoms with Crippen molar-refractivity contribution in [2.45, 2.75) is 24.8 Å². The molecule has 2 aromatic rings. The minimum absolute atomic E-state index is 0.0160. The normalized spacial score (nSPS) is 13.2. The molecule has 0 amide bonds. The Balaban J connectivity index is 2.23. The van der Waals surface area contributed by atoms with Crippen LogP contribution in [-0.4, -0.2) is 37.9 Å². The first-order valence-corrected chi connectivity index (χ1v) is 9.01. The lowest BCUT2D eigenvalue weighted by Crippen LogP contribution is -2.33. The average molecular weight is 338 g/mol. The minimum Gasteiger partial charge on any atom is -0.468 e. The van der Waals surface area contributed by atoms with Crippen molar-refractivity contribution >= 4 is 15.8 Å². The minimum atomic E-state index is -3.83. The second-order valence-electron chi connectivity index (χ2n) is 5.03. The van der Waals surface area contributed by atoms with Gasteiger partial charge in [0.25, 0.3) is 0 Å². The van der Waals surface area contributed by atoms with E-state index in [4.69, 9.17) is 9.56 Å². The molecule has 23 heavy (non-hydrogen) atoms.